The van der Waals surface area contributed by atoms with E-state index in [4.69, 9.17) is 10.2 Å². The molecule has 2 fully saturated rings. The molecule has 3 heteroatoms. The zero-order valence-corrected chi connectivity index (χ0v) is 8.33. The molecule has 1 aromatic heterocycles. The Morgan fingerprint density at radius 1 is 1.36 bits per heavy atom. The van der Waals surface area contributed by atoms with E-state index >= 15 is 0 Å². The minimum atomic E-state index is -0.211. The molecular weight excluding hydrogens is 176 g/mol. The summed E-state index contributed by atoms with van der Waals surface area (Å²) in [5.41, 5.74) is 6.95. The van der Waals surface area contributed by atoms with E-state index in [1.165, 1.54) is 25.7 Å². The Labute approximate surface area is 83.7 Å². The summed E-state index contributed by atoms with van der Waals surface area (Å²) in [6.07, 6.45) is 9.07. The van der Waals surface area contributed by atoms with Crippen LogP contribution in [0.2, 0.25) is 0 Å². The molecule has 0 aliphatic heterocycles. The molecule has 3 nitrogen and oxygen atoms in total. The Morgan fingerprint density at radius 2 is 2.07 bits per heavy atom. The molecule has 76 valence electrons. The van der Waals surface area contributed by atoms with Crippen LogP contribution >= 0.6 is 0 Å². The van der Waals surface area contributed by atoms with Crippen LogP contribution < -0.4 is 5.73 Å². The molecule has 2 N–H and O–H groups in total. The van der Waals surface area contributed by atoms with E-state index in [9.17, 15) is 0 Å². The quantitative estimate of drug-likeness (QED) is 0.782. The fraction of sp³-hybridized carbons (Fsp3) is 0.727. The second-order valence-electron chi connectivity index (χ2n) is 4.72. The van der Waals surface area contributed by atoms with Crippen LogP contribution in [0.15, 0.2) is 10.7 Å². The maximum atomic E-state index is 6.02. The lowest BCUT2D eigenvalue weighted by atomic mass is 10.1. The monoisotopic (exact) mass is 192 g/mol. The van der Waals surface area contributed by atoms with E-state index in [0.29, 0.717) is 5.92 Å². The highest BCUT2D eigenvalue weighted by atomic mass is 16.3. The first kappa shape index (κ1) is 8.48. The van der Waals surface area contributed by atoms with Crippen molar-refractivity contribution in [2.45, 2.75) is 50.0 Å². The van der Waals surface area contributed by atoms with Crippen molar-refractivity contribution in [2.75, 3.05) is 0 Å². The molecule has 0 aromatic carbocycles. The summed E-state index contributed by atoms with van der Waals surface area (Å²) in [6, 6.07) is 0. The molecule has 1 aromatic rings. The number of rotatable bonds is 2. The van der Waals surface area contributed by atoms with E-state index in [1.54, 1.807) is 0 Å². The van der Waals surface area contributed by atoms with Crippen molar-refractivity contribution in [1.29, 1.82) is 0 Å². The largest absolute Gasteiger partial charge is 0.447 e. The molecule has 0 bridgehead atoms. The number of hydrogen-bond donors (Lipinski definition) is 1. The molecule has 2 aliphatic carbocycles. The number of oxazole rings is 1. The summed E-state index contributed by atoms with van der Waals surface area (Å²) in [5.74, 6) is 1.40. The first-order chi connectivity index (χ1) is 6.78. The van der Waals surface area contributed by atoms with Gasteiger partial charge in [-0.3, -0.25) is 0 Å². The van der Waals surface area contributed by atoms with Crippen molar-refractivity contribution in [1.82, 2.24) is 4.98 Å². The van der Waals surface area contributed by atoms with Gasteiger partial charge in [-0.25, -0.2) is 4.98 Å². The predicted molar refractivity (Wildman–Crippen MR) is 52.8 cm³/mol. The average Bonchev–Trinajstić information content (AvgIpc) is 2.73. The maximum Gasteiger partial charge on any atom is 0.214 e. The van der Waals surface area contributed by atoms with Gasteiger partial charge in [0.25, 0.3) is 0 Å². The number of nitrogens with zero attached hydrogens (tertiary/aromatic N) is 1. The van der Waals surface area contributed by atoms with E-state index < -0.39 is 0 Å². The lowest BCUT2D eigenvalue weighted by molar-refractivity contribution is 0.440. The van der Waals surface area contributed by atoms with Crippen LogP contribution in [0.5, 0.6) is 0 Å². The number of hydrogen-bond acceptors (Lipinski definition) is 3. The predicted octanol–water partition coefficient (Wildman–Crippen LogP) is 2.28. The average molecular weight is 192 g/mol. The van der Waals surface area contributed by atoms with Gasteiger partial charge in [0.15, 0.2) is 0 Å². The summed E-state index contributed by atoms with van der Waals surface area (Å²) >= 11 is 0. The Kier molecular flexibility index (Phi) is 1.71. The third kappa shape index (κ3) is 1.27. The smallest absolute Gasteiger partial charge is 0.214 e. The molecule has 1 heterocycles. The van der Waals surface area contributed by atoms with Crippen LogP contribution in [0.4, 0.5) is 0 Å². The van der Waals surface area contributed by atoms with Crippen LogP contribution in [0.1, 0.15) is 56.0 Å². The summed E-state index contributed by atoms with van der Waals surface area (Å²) in [5, 5.41) is 0. The Balaban J connectivity index is 1.82. The van der Waals surface area contributed by atoms with Crippen molar-refractivity contribution in [3.05, 3.63) is 17.8 Å². The zero-order valence-electron chi connectivity index (χ0n) is 8.33. The lowest BCUT2D eigenvalue weighted by Crippen LogP contribution is -2.19. The van der Waals surface area contributed by atoms with Crippen LogP contribution in [0.25, 0.3) is 0 Å². The molecule has 3 rings (SSSR count). The fourth-order valence-corrected chi connectivity index (χ4v) is 2.27. The zero-order chi connectivity index (χ0) is 9.60. The van der Waals surface area contributed by atoms with Gasteiger partial charge in [-0.15, -0.1) is 0 Å². The highest BCUT2D eigenvalue weighted by Gasteiger charge is 2.45. The second kappa shape index (κ2) is 2.83. The molecule has 0 atom stereocenters. The molecule has 0 amide bonds. The van der Waals surface area contributed by atoms with Crippen molar-refractivity contribution >= 4 is 0 Å². The molecular formula is C11H16N2O. The highest BCUT2D eigenvalue weighted by Crippen LogP contribution is 2.43. The van der Waals surface area contributed by atoms with Gasteiger partial charge in [-0.1, -0.05) is 12.8 Å². The van der Waals surface area contributed by atoms with Gasteiger partial charge in [0.05, 0.1) is 11.2 Å². The van der Waals surface area contributed by atoms with Gasteiger partial charge in [0, 0.05) is 5.92 Å². The fourth-order valence-electron chi connectivity index (χ4n) is 2.27. The van der Waals surface area contributed by atoms with Gasteiger partial charge in [-0.2, -0.15) is 0 Å². The van der Waals surface area contributed by atoms with Crippen LogP contribution in [-0.2, 0) is 5.54 Å². The SMILES string of the molecule is NC1(c2nc(C3CCCC3)co2)CC1. The van der Waals surface area contributed by atoms with Crippen molar-refractivity contribution in [3.63, 3.8) is 0 Å². The molecule has 2 saturated carbocycles. The molecule has 0 spiro atoms. The van der Waals surface area contributed by atoms with Crippen LogP contribution in [0, 0.1) is 0 Å². The molecule has 0 radical (unpaired) electrons. The Morgan fingerprint density at radius 3 is 2.71 bits per heavy atom. The van der Waals surface area contributed by atoms with E-state index in [1.807, 2.05) is 6.26 Å². The normalized spacial score (nSPS) is 25.5. The Bertz CT molecular complexity index is 335. The van der Waals surface area contributed by atoms with Gasteiger partial charge >= 0.3 is 0 Å². The summed E-state index contributed by atoms with van der Waals surface area (Å²) < 4.78 is 5.47. The highest BCUT2D eigenvalue weighted by molar-refractivity contribution is 5.16. The van der Waals surface area contributed by atoms with Gasteiger partial charge < -0.3 is 10.2 Å². The van der Waals surface area contributed by atoms with E-state index in [0.717, 1.165) is 24.4 Å². The van der Waals surface area contributed by atoms with Crippen molar-refractivity contribution < 1.29 is 4.42 Å². The number of aromatic nitrogens is 1. The summed E-state index contributed by atoms with van der Waals surface area (Å²) in [7, 11) is 0. The third-order valence-electron chi connectivity index (χ3n) is 3.51. The van der Waals surface area contributed by atoms with Crippen LogP contribution in [0.3, 0.4) is 0 Å². The van der Waals surface area contributed by atoms with Crippen LogP contribution in [-0.4, -0.2) is 4.98 Å². The minimum Gasteiger partial charge on any atom is -0.447 e. The van der Waals surface area contributed by atoms with Crippen molar-refractivity contribution in [2.24, 2.45) is 5.73 Å². The molecule has 0 unspecified atom stereocenters. The number of nitrogens with two attached hydrogens (primary N) is 1. The topological polar surface area (TPSA) is 52.0 Å². The summed E-state index contributed by atoms with van der Waals surface area (Å²) in [4.78, 5) is 4.53. The first-order valence-corrected chi connectivity index (χ1v) is 5.53. The standard InChI is InChI=1S/C11H16N2O/c12-11(5-6-11)10-13-9(7-14-10)8-3-1-2-4-8/h7-8H,1-6,12H2. The van der Waals surface area contributed by atoms with E-state index in [2.05, 4.69) is 4.98 Å². The van der Waals surface area contributed by atoms with Gasteiger partial charge in [0.2, 0.25) is 5.89 Å². The Hall–Kier alpha value is -0.830. The minimum absolute atomic E-state index is 0.211. The van der Waals surface area contributed by atoms with E-state index in [-0.39, 0.29) is 5.54 Å². The van der Waals surface area contributed by atoms with Gasteiger partial charge in [0.1, 0.15) is 6.26 Å². The summed E-state index contributed by atoms with van der Waals surface area (Å²) in [6.45, 7) is 0. The maximum absolute atomic E-state index is 6.02. The molecule has 0 saturated heterocycles. The van der Waals surface area contributed by atoms with Crippen molar-refractivity contribution in [3.8, 4) is 0 Å². The van der Waals surface area contributed by atoms with Gasteiger partial charge in [-0.05, 0) is 25.7 Å². The first-order valence-electron chi connectivity index (χ1n) is 5.53. The lowest BCUT2D eigenvalue weighted by Gasteiger charge is -2.03. The molecule has 2 aliphatic rings. The third-order valence-corrected chi connectivity index (χ3v) is 3.51. The second-order valence-corrected chi connectivity index (χ2v) is 4.72. The molecule has 14 heavy (non-hydrogen) atoms.